The Balaban J connectivity index is 3.31. The Kier molecular flexibility index (Phi) is 2.32. The van der Waals surface area contributed by atoms with Crippen molar-refractivity contribution in [1.82, 2.24) is 0 Å². The lowest BCUT2D eigenvalue weighted by molar-refractivity contribution is 0.626. The van der Waals surface area contributed by atoms with Gasteiger partial charge < -0.3 is 0 Å². The molecule has 0 heterocycles. The Morgan fingerprint density at radius 3 is 2.60 bits per heavy atom. The maximum atomic E-state index is 12.5. The van der Waals surface area contributed by atoms with Gasteiger partial charge in [0, 0.05) is 4.47 Å². The van der Waals surface area contributed by atoms with E-state index in [0.717, 1.165) is 10.0 Å². The van der Waals surface area contributed by atoms with Crippen molar-refractivity contribution in [3.8, 4) is 0 Å². The lowest BCUT2D eigenvalue weighted by atomic mass is 10.2. The molecule has 0 aliphatic rings. The summed E-state index contributed by atoms with van der Waals surface area (Å²) >= 11 is 8.85. The number of hydrogen-bond donors (Lipinski definition) is 0. The molecule has 0 atom stereocenters. The van der Waals surface area contributed by atoms with Crippen molar-refractivity contribution in [3.63, 3.8) is 0 Å². The van der Waals surface area contributed by atoms with E-state index in [0.29, 0.717) is 5.02 Å². The van der Waals surface area contributed by atoms with E-state index >= 15 is 0 Å². The van der Waals surface area contributed by atoms with Gasteiger partial charge in [0.05, 0.1) is 5.02 Å². The van der Waals surface area contributed by atoms with Gasteiger partial charge in [0.15, 0.2) is 0 Å². The predicted octanol–water partition coefficient (Wildman–Crippen LogP) is 3.55. The Morgan fingerprint density at radius 1 is 1.50 bits per heavy atom. The van der Waals surface area contributed by atoms with Gasteiger partial charge in [-0.2, -0.15) is 0 Å². The first kappa shape index (κ1) is 8.02. The van der Waals surface area contributed by atoms with Gasteiger partial charge in [-0.05, 0) is 40.5 Å². The monoisotopic (exact) mass is 222 g/mol. The zero-order valence-electron chi connectivity index (χ0n) is 5.29. The minimum absolute atomic E-state index is 0.300. The van der Waals surface area contributed by atoms with Crippen LogP contribution in [0.3, 0.4) is 0 Å². The van der Waals surface area contributed by atoms with Crippen LogP contribution in [0.25, 0.3) is 0 Å². The SMILES string of the molecule is Cc1cc(F)cc(Cl)c1Br. The lowest BCUT2D eigenvalue weighted by Crippen LogP contribution is -1.80. The van der Waals surface area contributed by atoms with E-state index in [1.807, 2.05) is 0 Å². The molecule has 54 valence electrons. The highest BCUT2D eigenvalue weighted by atomic mass is 79.9. The Hall–Kier alpha value is -0.0800. The lowest BCUT2D eigenvalue weighted by Gasteiger charge is -1.99. The van der Waals surface area contributed by atoms with Crippen molar-refractivity contribution in [3.05, 3.63) is 33.0 Å². The fourth-order valence-electron chi connectivity index (χ4n) is 0.685. The quantitative estimate of drug-likeness (QED) is 0.590. The van der Waals surface area contributed by atoms with Gasteiger partial charge in [0.1, 0.15) is 5.82 Å². The predicted molar refractivity (Wildman–Crippen MR) is 43.8 cm³/mol. The molecule has 0 fully saturated rings. The van der Waals surface area contributed by atoms with E-state index in [1.54, 1.807) is 6.92 Å². The summed E-state index contributed by atoms with van der Waals surface area (Å²) in [6.45, 7) is 1.79. The molecular formula is C7H5BrClF. The zero-order valence-corrected chi connectivity index (χ0v) is 7.63. The van der Waals surface area contributed by atoms with Gasteiger partial charge in [-0.3, -0.25) is 0 Å². The smallest absolute Gasteiger partial charge is 0.125 e. The molecule has 0 saturated carbocycles. The average molecular weight is 223 g/mol. The molecule has 1 aromatic rings. The van der Waals surface area contributed by atoms with Crippen molar-refractivity contribution in [1.29, 1.82) is 0 Å². The molecule has 3 heteroatoms. The molecule has 0 spiro atoms. The van der Waals surface area contributed by atoms with Crippen LogP contribution in [-0.2, 0) is 0 Å². The van der Waals surface area contributed by atoms with Gasteiger partial charge in [-0.15, -0.1) is 0 Å². The number of rotatable bonds is 0. The summed E-state index contributed by atoms with van der Waals surface area (Å²) in [5.74, 6) is -0.300. The minimum atomic E-state index is -0.300. The molecule has 0 N–H and O–H groups in total. The largest absolute Gasteiger partial charge is 0.207 e. The average Bonchev–Trinajstić information content (AvgIpc) is 1.82. The second-order valence-corrected chi connectivity index (χ2v) is 3.22. The molecule has 0 aliphatic carbocycles. The van der Waals surface area contributed by atoms with Crippen LogP contribution in [0.4, 0.5) is 4.39 Å². The first-order valence-electron chi connectivity index (χ1n) is 2.72. The second kappa shape index (κ2) is 2.89. The van der Waals surface area contributed by atoms with Crippen molar-refractivity contribution in [2.75, 3.05) is 0 Å². The van der Waals surface area contributed by atoms with E-state index in [4.69, 9.17) is 11.6 Å². The van der Waals surface area contributed by atoms with Crippen LogP contribution in [0.1, 0.15) is 5.56 Å². The molecule has 0 amide bonds. The summed E-state index contributed by atoms with van der Waals surface area (Å²) in [5, 5.41) is 0.414. The van der Waals surface area contributed by atoms with Crippen LogP contribution >= 0.6 is 27.5 Å². The number of halogens is 3. The minimum Gasteiger partial charge on any atom is -0.207 e. The van der Waals surface area contributed by atoms with E-state index in [-0.39, 0.29) is 5.82 Å². The molecule has 1 rings (SSSR count). The second-order valence-electron chi connectivity index (χ2n) is 2.02. The van der Waals surface area contributed by atoms with E-state index in [9.17, 15) is 4.39 Å². The normalized spacial score (nSPS) is 10.0. The topological polar surface area (TPSA) is 0 Å². The molecule has 0 nitrogen and oxygen atoms in total. The van der Waals surface area contributed by atoms with Crippen molar-refractivity contribution >= 4 is 27.5 Å². The van der Waals surface area contributed by atoms with Crippen LogP contribution in [0.5, 0.6) is 0 Å². The molecule has 0 radical (unpaired) electrons. The zero-order chi connectivity index (χ0) is 7.72. The molecule has 0 aliphatic heterocycles. The van der Waals surface area contributed by atoms with Gasteiger partial charge in [-0.1, -0.05) is 11.6 Å². The molecule has 0 unspecified atom stereocenters. The van der Waals surface area contributed by atoms with Crippen LogP contribution in [0, 0.1) is 12.7 Å². The maximum absolute atomic E-state index is 12.5. The first-order valence-corrected chi connectivity index (χ1v) is 3.89. The summed E-state index contributed by atoms with van der Waals surface area (Å²) in [6.07, 6.45) is 0. The van der Waals surface area contributed by atoms with Gasteiger partial charge >= 0.3 is 0 Å². The fourth-order valence-corrected chi connectivity index (χ4v) is 1.17. The van der Waals surface area contributed by atoms with Crippen LogP contribution in [0.2, 0.25) is 5.02 Å². The molecular weight excluding hydrogens is 218 g/mol. The molecule has 0 aromatic heterocycles. The maximum Gasteiger partial charge on any atom is 0.125 e. The molecule has 10 heavy (non-hydrogen) atoms. The van der Waals surface area contributed by atoms with Crippen LogP contribution in [-0.4, -0.2) is 0 Å². The standard InChI is InChI=1S/C7H5BrClF/c1-4-2-5(10)3-6(9)7(4)8/h2-3H,1H3. The number of aryl methyl sites for hydroxylation is 1. The summed E-state index contributed by atoms with van der Waals surface area (Å²) in [7, 11) is 0. The van der Waals surface area contributed by atoms with Gasteiger partial charge in [-0.25, -0.2) is 4.39 Å². The summed E-state index contributed by atoms with van der Waals surface area (Å²) < 4.78 is 13.3. The van der Waals surface area contributed by atoms with Crippen molar-refractivity contribution in [2.24, 2.45) is 0 Å². The Labute approximate surface area is 72.1 Å². The van der Waals surface area contributed by atoms with E-state index in [1.165, 1.54) is 12.1 Å². The molecule has 0 bridgehead atoms. The fraction of sp³-hybridized carbons (Fsp3) is 0.143. The highest BCUT2D eigenvalue weighted by molar-refractivity contribution is 9.10. The highest BCUT2D eigenvalue weighted by Crippen LogP contribution is 2.26. The van der Waals surface area contributed by atoms with Crippen LogP contribution in [0.15, 0.2) is 16.6 Å². The third-order valence-electron chi connectivity index (χ3n) is 1.17. The first-order chi connectivity index (χ1) is 4.61. The van der Waals surface area contributed by atoms with E-state index in [2.05, 4.69) is 15.9 Å². The molecule has 1 aromatic carbocycles. The summed E-state index contributed by atoms with van der Waals surface area (Å²) in [4.78, 5) is 0. The summed E-state index contributed by atoms with van der Waals surface area (Å²) in [5.41, 5.74) is 0.810. The molecule has 0 saturated heterocycles. The third-order valence-corrected chi connectivity index (χ3v) is 2.75. The number of benzene rings is 1. The third kappa shape index (κ3) is 1.50. The van der Waals surface area contributed by atoms with Crippen molar-refractivity contribution in [2.45, 2.75) is 6.92 Å². The number of hydrogen-bond acceptors (Lipinski definition) is 0. The van der Waals surface area contributed by atoms with Gasteiger partial charge in [0.2, 0.25) is 0 Å². The Bertz CT molecular complexity index is 237. The van der Waals surface area contributed by atoms with E-state index < -0.39 is 0 Å². The summed E-state index contributed by atoms with van der Waals surface area (Å²) in [6, 6.07) is 2.70. The van der Waals surface area contributed by atoms with Crippen molar-refractivity contribution < 1.29 is 4.39 Å². The van der Waals surface area contributed by atoms with Gasteiger partial charge in [0.25, 0.3) is 0 Å². The van der Waals surface area contributed by atoms with Crippen LogP contribution < -0.4 is 0 Å². The highest BCUT2D eigenvalue weighted by Gasteiger charge is 2.01. The Morgan fingerprint density at radius 2 is 2.10 bits per heavy atom.